The molecule has 2 atom stereocenters. The van der Waals surface area contributed by atoms with Crippen molar-refractivity contribution in [1.29, 1.82) is 0 Å². The molecule has 2 aromatic carbocycles. The van der Waals surface area contributed by atoms with Crippen molar-refractivity contribution in [1.82, 2.24) is 0 Å². The highest BCUT2D eigenvalue weighted by Crippen LogP contribution is 2.50. The lowest BCUT2D eigenvalue weighted by molar-refractivity contribution is 0.162. The molecule has 2 unspecified atom stereocenters. The Balaban J connectivity index is 2.55. The third-order valence-corrected chi connectivity index (χ3v) is 7.49. The molecule has 0 amide bonds. The Morgan fingerprint density at radius 1 is 1.05 bits per heavy atom. The zero-order valence-corrected chi connectivity index (χ0v) is 13.8. The molecule has 22 heavy (non-hydrogen) atoms. The predicted octanol–water partition coefficient (Wildman–Crippen LogP) is 3.72. The molecule has 0 aliphatic rings. The summed E-state index contributed by atoms with van der Waals surface area (Å²) in [4.78, 5) is 0. The van der Waals surface area contributed by atoms with E-state index in [9.17, 15) is 9.67 Å². The lowest BCUT2D eigenvalue weighted by atomic mass is 10.1. The molecule has 1 N–H and O–H groups in total. The maximum absolute atomic E-state index is 14.0. The minimum absolute atomic E-state index is 0.271. The molecule has 0 fully saturated rings. The molecule has 0 heterocycles. The Morgan fingerprint density at radius 3 is 1.86 bits per heavy atom. The molecular formula is C19H23O2P. The van der Waals surface area contributed by atoms with Gasteiger partial charge in [-0.2, -0.15) is 0 Å². The first kappa shape index (κ1) is 16.7. The van der Waals surface area contributed by atoms with Crippen LogP contribution < -0.4 is 10.6 Å². The molecule has 116 valence electrons. The molecule has 0 saturated heterocycles. The average molecular weight is 314 g/mol. The van der Waals surface area contributed by atoms with E-state index in [4.69, 9.17) is 0 Å². The molecule has 0 radical (unpaired) electrons. The summed E-state index contributed by atoms with van der Waals surface area (Å²) in [6.07, 6.45) is 2.37. The van der Waals surface area contributed by atoms with Crippen LogP contribution in [0, 0.1) is 0 Å². The maximum atomic E-state index is 14.0. The normalized spacial score (nSPS) is 14.3. The fourth-order valence-electron chi connectivity index (χ4n) is 2.67. The van der Waals surface area contributed by atoms with Crippen LogP contribution in [0.3, 0.4) is 0 Å². The van der Waals surface area contributed by atoms with Crippen LogP contribution in [0.1, 0.15) is 19.8 Å². The summed E-state index contributed by atoms with van der Waals surface area (Å²) in [5, 5.41) is 11.7. The van der Waals surface area contributed by atoms with Crippen molar-refractivity contribution in [3.63, 3.8) is 0 Å². The Hall–Kier alpha value is -1.63. The molecular weight excluding hydrogens is 291 g/mol. The number of rotatable bonds is 7. The van der Waals surface area contributed by atoms with Gasteiger partial charge in [0.15, 0.2) is 0 Å². The fraction of sp³-hybridized carbons (Fsp3) is 0.263. The van der Waals surface area contributed by atoms with Gasteiger partial charge in [0.2, 0.25) is 0 Å². The van der Waals surface area contributed by atoms with E-state index in [1.807, 2.05) is 67.6 Å². The Morgan fingerprint density at radius 2 is 1.50 bits per heavy atom. The summed E-state index contributed by atoms with van der Waals surface area (Å²) < 4.78 is 14.0. The lowest BCUT2D eigenvalue weighted by Gasteiger charge is -2.28. The van der Waals surface area contributed by atoms with E-state index in [0.717, 1.165) is 10.6 Å². The summed E-state index contributed by atoms with van der Waals surface area (Å²) >= 11 is 0. The largest absolute Gasteiger partial charge is 0.393 e. The van der Waals surface area contributed by atoms with Crippen LogP contribution in [0.4, 0.5) is 0 Å². The quantitative estimate of drug-likeness (QED) is 0.625. The molecule has 0 saturated carbocycles. The minimum Gasteiger partial charge on any atom is -0.393 e. The molecule has 0 spiro atoms. The molecule has 0 aliphatic carbocycles. The summed E-state index contributed by atoms with van der Waals surface area (Å²) in [6.45, 7) is 5.81. The van der Waals surface area contributed by atoms with E-state index in [-0.39, 0.29) is 5.66 Å². The van der Waals surface area contributed by atoms with E-state index in [0.29, 0.717) is 12.8 Å². The van der Waals surface area contributed by atoms with Gasteiger partial charge < -0.3 is 9.67 Å². The summed E-state index contributed by atoms with van der Waals surface area (Å²) in [7, 11) is -2.88. The average Bonchev–Trinajstić information content (AvgIpc) is 2.60. The highest BCUT2D eigenvalue weighted by atomic mass is 31.2. The van der Waals surface area contributed by atoms with Crippen molar-refractivity contribution in [2.24, 2.45) is 0 Å². The third-order valence-electron chi connectivity index (χ3n) is 4.00. The molecule has 0 aromatic heterocycles. The van der Waals surface area contributed by atoms with Gasteiger partial charge in [0.1, 0.15) is 7.14 Å². The van der Waals surface area contributed by atoms with Crippen molar-refractivity contribution < 1.29 is 9.67 Å². The van der Waals surface area contributed by atoms with Gasteiger partial charge in [0.05, 0.1) is 6.10 Å². The number of aliphatic hydroxyl groups is 1. The van der Waals surface area contributed by atoms with E-state index >= 15 is 0 Å². The van der Waals surface area contributed by atoms with E-state index < -0.39 is 13.2 Å². The van der Waals surface area contributed by atoms with Crippen molar-refractivity contribution in [2.75, 3.05) is 0 Å². The Labute approximate surface area is 132 Å². The second-order valence-electron chi connectivity index (χ2n) is 5.43. The number of aliphatic hydroxyl groups excluding tert-OH is 1. The van der Waals surface area contributed by atoms with Crippen LogP contribution in [-0.2, 0) is 4.57 Å². The molecule has 0 bridgehead atoms. The standard InChI is InChI=1S/C19H23O2P/c1-3-16(20)15-17(4-2)22(21,18-11-7-5-8-12-18)19-13-9-6-10-14-19/h4-14,16-17,20H,2-3,15H2,1H3. The smallest absolute Gasteiger partial charge is 0.149 e. The molecule has 2 rings (SSSR count). The van der Waals surface area contributed by atoms with Gasteiger partial charge >= 0.3 is 0 Å². The lowest BCUT2D eigenvalue weighted by Crippen LogP contribution is -2.27. The van der Waals surface area contributed by atoms with Crippen LogP contribution >= 0.6 is 7.14 Å². The van der Waals surface area contributed by atoms with Gasteiger partial charge in [0, 0.05) is 16.3 Å². The van der Waals surface area contributed by atoms with Crippen LogP contribution in [0.15, 0.2) is 73.3 Å². The van der Waals surface area contributed by atoms with E-state index in [1.54, 1.807) is 6.08 Å². The predicted molar refractivity (Wildman–Crippen MR) is 94.7 cm³/mol. The van der Waals surface area contributed by atoms with Gasteiger partial charge in [-0.25, -0.2) is 0 Å². The van der Waals surface area contributed by atoms with Gasteiger partial charge in [-0.3, -0.25) is 0 Å². The number of benzene rings is 2. The number of hydrogen-bond acceptors (Lipinski definition) is 2. The van der Waals surface area contributed by atoms with Crippen molar-refractivity contribution >= 4 is 17.8 Å². The fourth-order valence-corrected chi connectivity index (χ4v) is 5.80. The molecule has 2 nitrogen and oxygen atoms in total. The monoisotopic (exact) mass is 314 g/mol. The SMILES string of the molecule is C=CC(CC(O)CC)P(=O)(c1ccccc1)c1ccccc1. The highest BCUT2D eigenvalue weighted by Gasteiger charge is 2.35. The van der Waals surface area contributed by atoms with Gasteiger partial charge in [-0.1, -0.05) is 73.7 Å². The number of allylic oxidation sites excluding steroid dienone is 1. The van der Waals surface area contributed by atoms with E-state index in [1.165, 1.54) is 0 Å². The first-order valence-electron chi connectivity index (χ1n) is 7.64. The van der Waals surface area contributed by atoms with Crippen LogP contribution in [-0.4, -0.2) is 16.9 Å². The topological polar surface area (TPSA) is 37.3 Å². The van der Waals surface area contributed by atoms with Gasteiger partial charge in [-0.15, -0.1) is 6.58 Å². The zero-order valence-electron chi connectivity index (χ0n) is 12.9. The molecule has 2 aromatic rings. The zero-order chi connectivity index (χ0) is 16.0. The van der Waals surface area contributed by atoms with Crippen molar-refractivity contribution in [2.45, 2.75) is 31.5 Å². The Kier molecular flexibility index (Phi) is 5.76. The second-order valence-corrected chi connectivity index (χ2v) is 8.44. The van der Waals surface area contributed by atoms with Crippen LogP contribution in [0.5, 0.6) is 0 Å². The maximum Gasteiger partial charge on any atom is 0.149 e. The third kappa shape index (κ3) is 3.40. The van der Waals surface area contributed by atoms with Crippen LogP contribution in [0.2, 0.25) is 0 Å². The Bertz CT molecular complexity index is 593. The minimum atomic E-state index is -2.88. The summed E-state index contributed by atoms with van der Waals surface area (Å²) in [5.41, 5.74) is -0.271. The molecule has 3 heteroatoms. The van der Waals surface area contributed by atoms with E-state index in [2.05, 4.69) is 6.58 Å². The summed E-state index contributed by atoms with van der Waals surface area (Å²) in [5.74, 6) is 0. The second kappa shape index (κ2) is 7.58. The van der Waals surface area contributed by atoms with Gasteiger partial charge in [0.25, 0.3) is 0 Å². The first-order chi connectivity index (χ1) is 10.6. The summed E-state index contributed by atoms with van der Waals surface area (Å²) in [6, 6.07) is 19.1. The van der Waals surface area contributed by atoms with Crippen LogP contribution in [0.25, 0.3) is 0 Å². The first-order valence-corrected chi connectivity index (χ1v) is 9.42. The number of hydrogen-bond donors (Lipinski definition) is 1. The van der Waals surface area contributed by atoms with Crippen molar-refractivity contribution in [3.05, 3.63) is 73.3 Å². The molecule has 0 aliphatic heterocycles. The van der Waals surface area contributed by atoms with Crippen molar-refractivity contribution in [3.8, 4) is 0 Å². The highest BCUT2D eigenvalue weighted by molar-refractivity contribution is 7.79. The van der Waals surface area contributed by atoms with Gasteiger partial charge in [-0.05, 0) is 12.8 Å².